The molecule has 0 unspecified atom stereocenters. The highest BCUT2D eigenvalue weighted by Gasteiger charge is 2.28. The Bertz CT molecular complexity index is 1100. The normalized spacial score (nSPS) is 14.0. The molecular weight excluding hydrogens is 400 g/mol. The van der Waals surface area contributed by atoms with Crippen LogP contribution >= 0.6 is 11.3 Å². The molecule has 1 heterocycles. The quantitative estimate of drug-likeness (QED) is 0.541. The van der Waals surface area contributed by atoms with E-state index in [0.717, 1.165) is 16.2 Å². The number of methoxy groups -OCH3 is 1. The standard InChI is InChI=1S/C19H20N2O5S2/c1-19(23,17-9-12-5-3-4-6-16(12)27-17)11-21-28(24,25)13-7-8-15(26-2)14(10-13)18(20)22/h3-10,21,23H,11H2,1-2H3,(H2,20,22)/t19-/m0/s1. The summed E-state index contributed by atoms with van der Waals surface area (Å²) >= 11 is 1.40. The van der Waals surface area contributed by atoms with Gasteiger partial charge in [-0.05, 0) is 42.6 Å². The van der Waals surface area contributed by atoms with Crippen molar-refractivity contribution < 1.29 is 23.1 Å². The number of hydrogen-bond acceptors (Lipinski definition) is 6. The number of amides is 1. The Morgan fingerprint density at radius 1 is 1.25 bits per heavy atom. The number of carbonyl (C=O) groups is 1. The molecule has 0 aliphatic heterocycles. The van der Waals surface area contributed by atoms with Crippen LogP contribution in [-0.2, 0) is 15.6 Å². The molecule has 28 heavy (non-hydrogen) atoms. The van der Waals surface area contributed by atoms with E-state index >= 15 is 0 Å². The molecule has 0 saturated carbocycles. The first-order valence-corrected chi connectivity index (χ1v) is 10.6. The number of primary amides is 1. The summed E-state index contributed by atoms with van der Waals surface area (Å²) in [4.78, 5) is 12.0. The highest BCUT2D eigenvalue weighted by Crippen LogP contribution is 2.33. The van der Waals surface area contributed by atoms with Crippen LogP contribution < -0.4 is 15.2 Å². The molecule has 4 N–H and O–H groups in total. The fraction of sp³-hybridized carbons (Fsp3) is 0.211. The summed E-state index contributed by atoms with van der Waals surface area (Å²) in [5.41, 5.74) is 3.84. The van der Waals surface area contributed by atoms with Gasteiger partial charge in [0.1, 0.15) is 11.4 Å². The molecule has 1 aromatic heterocycles. The van der Waals surface area contributed by atoms with Gasteiger partial charge in [-0.25, -0.2) is 13.1 Å². The number of benzene rings is 2. The maximum atomic E-state index is 12.6. The zero-order valence-corrected chi connectivity index (χ0v) is 16.9. The molecule has 7 nitrogen and oxygen atoms in total. The summed E-state index contributed by atoms with van der Waals surface area (Å²) in [6.07, 6.45) is 0. The molecule has 2 aromatic carbocycles. The van der Waals surface area contributed by atoms with Crippen LogP contribution in [0.4, 0.5) is 0 Å². The van der Waals surface area contributed by atoms with E-state index in [4.69, 9.17) is 10.5 Å². The fourth-order valence-corrected chi connectivity index (χ4v) is 4.96. The summed E-state index contributed by atoms with van der Waals surface area (Å²) in [6.45, 7) is 1.31. The zero-order chi connectivity index (χ0) is 20.5. The van der Waals surface area contributed by atoms with Crippen molar-refractivity contribution >= 4 is 37.4 Å². The molecule has 0 aliphatic carbocycles. The molecule has 0 saturated heterocycles. The summed E-state index contributed by atoms with van der Waals surface area (Å²) in [6, 6.07) is 13.3. The average molecular weight is 421 g/mol. The number of rotatable bonds is 7. The monoisotopic (exact) mass is 420 g/mol. The van der Waals surface area contributed by atoms with E-state index < -0.39 is 21.5 Å². The molecule has 0 bridgehead atoms. The van der Waals surface area contributed by atoms with Gasteiger partial charge in [-0.2, -0.15) is 0 Å². The number of fused-ring (bicyclic) bond motifs is 1. The Morgan fingerprint density at radius 3 is 2.61 bits per heavy atom. The van der Waals surface area contributed by atoms with Crippen LogP contribution in [0.2, 0.25) is 0 Å². The molecule has 0 radical (unpaired) electrons. The van der Waals surface area contributed by atoms with Crippen molar-refractivity contribution in [2.45, 2.75) is 17.4 Å². The van der Waals surface area contributed by atoms with Gasteiger partial charge in [-0.3, -0.25) is 4.79 Å². The van der Waals surface area contributed by atoms with Crippen LogP contribution in [0.1, 0.15) is 22.2 Å². The first kappa shape index (κ1) is 20.3. The number of ether oxygens (including phenoxy) is 1. The van der Waals surface area contributed by atoms with Gasteiger partial charge in [0.05, 0.1) is 17.6 Å². The third kappa shape index (κ3) is 4.02. The van der Waals surface area contributed by atoms with Crippen LogP contribution in [0.15, 0.2) is 53.4 Å². The van der Waals surface area contributed by atoms with Gasteiger partial charge in [0.2, 0.25) is 10.0 Å². The minimum Gasteiger partial charge on any atom is -0.496 e. The van der Waals surface area contributed by atoms with Crippen molar-refractivity contribution in [2.24, 2.45) is 5.73 Å². The molecule has 1 atom stereocenters. The fourth-order valence-electron chi connectivity index (χ4n) is 2.70. The minimum absolute atomic E-state index is 0.0401. The smallest absolute Gasteiger partial charge is 0.252 e. The van der Waals surface area contributed by atoms with Crippen molar-refractivity contribution in [3.05, 3.63) is 59.0 Å². The largest absolute Gasteiger partial charge is 0.496 e. The number of nitrogens with two attached hydrogens (primary N) is 1. The Morgan fingerprint density at radius 2 is 1.96 bits per heavy atom. The Kier molecular flexibility index (Phi) is 5.44. The molecule has 148 valence electrons. The summed E-state index contributed by atoms with van der Waals surface area (Å²) in [5.74, 6) is -0.616. The van der Waals surface area contributed by atoms with Gasteiger partial charge in [0.25, 0.3) is 5.91 Å². The van der Waals surface area contributed by atoms with Gasteiger partial charge < -0.3 is 15.6 Å². The predicted molar refractivity (Wildman–Crippen MR) is 108 cm³/mol. The first-order valence-electron chi connectivity index (χ1n) is 8.33. The Labute approximate surface area is 166 Å². The summed E-state index contributed by atoms with van der Waals surface area (Å²) in [5, 5.41) is 11.8. The molecule has 3 aromatic rings. The SMILES string of the molecule is COc1ccc(S(=O)(=O)NC[C@](C)(O)c2cc3ccccc3s2)cc1C(N)=O. The highest BCUT2D eigenvalue weighted by molar-refractivity contribution is 7.89. The van der Waals surface area contributed by atoms with E-state index in [9.17, 15) is 18.3 Å². The predicted octanol–water partition coefficient (Wildman–Crippen LogP) is 2.19. The van der Waals surface area contributed by atoms with Crippen molar-refractivity contribution in [1.82, 2.24) is 4.72 Å². The van der Waals surface area contributed by atoms with Gasteiger partial charge >= 0.3 is 0 Å². The highest BCUT2D eigenvalue weighted by atomic mass is 32.2. The van der Waals surface area contributed by atoms with Crippen molar-refractivity contribution in [3.63, 3.8) is 0 Å². The van der Waals surface area contributed by atoms with E-state index in [1.165, 1.54) is 30.6 Å². The maximum absolute atomic E-state index is 12.6. The van der Waals surface area contributed by atoms with E-state index in [2.05, 4.69) is 4.72 Å². The van der Waals surface area contributed by atoms with Crippen molar-refractivity contribution in [2.75, 3.05) is 13.7 Å². The van der Waals surface area contributed by atoms with Gasteiger partial charge in [0.15, 0.2) is 0 Å². The third-order valence-corrected chi connectivity index (χ3v) is 7.08. The van der Waals surface area contributed by atoms with Crippen LogP contribution in [0.5, 0.6) is 5.75 Å². The van der Waals surface area contributed by atoms with Crippen LogP contribution in [0, 0.1) is 0 Å². The lowest BCUT2D eigenvalue weighted by molar-refractivity contribution is 0.0666. The molecule has 3 rings (SSSR count). The van der Waals surface area contributed by atoms with Crippen LogP contribution in [-0.4, -0.2) is 33.1 Å². The lowest BCUT2D eigenvalue weighted by atomic mass is 10.1. The number of nitrogens with one attached hydrogen (secondary N) is 1. The Balaban J connectivity index is 1.84. The second-order valence-electron chi connectivity index (χ2n) is 6.47. The second-order valence-corrected chi connectivity index (χ2v) is 9.32. The maximum Gasteiger partial charge on any atom is 0.252 e. The lowest BCUT2D eigenvalue weighted by Crippen LogP contribution is -2.38. The van der Waals surface area contributed by atoms with Crippen LogP contribution in [0.25, 0.3) is 10.1 Å². The molecule has 0 aliphatic rings. The number of hydrogen-bond donors (Lipinski definition) is 3. The van der Waals surface area contributed by atoms with Gasteiger partial charge in [-0.1, -0.05) is 18.2 Å². The van der Waals surface area contributed by atoms with E-state index in [-0.39, 0.29) is 22.8 Å². The van der Waals surface area contributed by atoms with E-state index in [1.807, 2.05) is 30.3 Å². The van der Waals surface area contributed by atoms with Crippen molar-refractivity contribution in [3.8, 4) is 5.75 Å². The zero-order valence-electron chi connectivity index (χ0n) is 15.3. The average Bonchev–Trinajstić information content (AvgIpc) is 3.11. The van der Waals surface area contributed by atoms with Crippen molar-refractivity contribution in [1.29, 1.82) is 0 Å². The third-order valence-electron chi connectivity index (χ3n) is 4.31. The molecule has 0 spiro atoms. The molecule has 1 amide bonds. The van der Waals surface area contributed by atoms with Crippen LogP contribution in [0.3, 0.4) is 0 Å². The van der Waals surface area contributed by atoms with Gasteiger partial charge in [0, 0.05) is 16.1 Å². The number of aliphatic hydroxyl groups is 1. The number of thiophene rings is 1. The molecule has 0 fully saturated rings. The molecular formula is C19H20N2O5S2. The van der Waals surface area contributed by atoms with Gasteiger partial charge in [-0.15, -0.1) is 11.3 Å². The summed E-state index contributed by atoms with van der Waals surface area (Å²) in [7, 11) is -2.62. The topological polar surface area (TPSA) is 119 Å². The number of sulfonamides is 1. The minimum atomic E-state index is -3.98. The Hall–Kier alpha value is -2.46. The summed E-state index contributed by atoms with van der Waals surface area (Å²) < 4.78 is 33.7. The molecule has 9 heteroatoms. The number of carbonyl (C=O) groups excluding carboxylic acids is 1. The second kappa shape index (κ2) is 7.51. The van der Waals surface area contributed by atoms with E-state index in [0.29, 0.717) is 4.88 Å². The first-order chi connectivity index (χ1) is 13.1. The lowest BCUT2D eigenvalue weighted by Gasteiger charge is -2.22. The van der Waals surface area contributed by atoms with E-state index in [1.54, 1.807) is 6.92 Å².